The second-order valence-corrected chi connectivity index (χ2v) is 7.81. The van der Waals surface area contributed by atoms with Crippen LogP contribution in [0, 0.1) is 5.92 Å². The average molecular weight is 348 g/mol. The van der Waals surface area contributed by atoms with Crippen LogP contribution >= 0.6 is 0 Å². The summed E-state index contributed by atoms with van der Waals surface area (Å²) in [5, 5.41) is 14.8. The maximum Gasteiger partial charge on any atom is 0.315 e. The Morgan fingerprint density at radius 3 is 2.96 bits per heavy atom. The molecule has 0 aromatic carbocycles. The molecule has 1 aromatic heterocycles. The molecule has 140 valence electrons. The number of fused-ring (bicyclic) bond motifs is 1. The number of hydrogen-bond acceptors (Lipinski definition) is 3. The van der Waals surface area contributed by atoms with E-state index in [9.17, 15) is 4.79 Å². The average Bonchev–Trinajstić information content (AvgIpc) is 2.77. The summed E-state index contributed by atoms with van der Waals surface area (Å²) in [5.41, 5.74) is 0. The van der Waals surface area contributed by atoms with Gasteiger partial charge in [0, 0.05) is 32.0 Å². The van der Waals surface area contributed by atoms with Crippen molar-refractivity contribution in [2.75, 3.05) is 6.54 Å². The van der Waals surface area contributed by atoms with Crippen molar-refractivity contribution in [3.63, 3.8) is 0 Å². The molecular formula is C19H33N5O. The molecule has 0 radical (unpaired) electrons. The van der Waals surface area contributed by atoms with Gasteiger partial charge in [0.2, 0.25) is 0 Å². The van der Waals surface area contributed by atoms with E-state index in [1.807, 2.05) is 0 Å². The van der Waals surface area contributed by atoms with Crippen LogP contribution in [0.1, 0.15) is 76.4 Å². The van der Waals surface area contributed by atoms with Crippen molar-refractivity contribution < 1.29 is 4.79 Å². The SMILES string of the molecule is C[C@H]1CCC[C@H](NC(=O)NCCCc2nnc3n2CCCCC3)CC1. The predicted molar refractivity (Wildman–Crippen MR) is 98.5 cm³/mol. The summed E-state index contributed by atoms with van der Waals surface area (Å²) in [6, 6.07) is 0.330. The highest BCUT2D eigenvalue weighted by Gasteiger charge is 2.18. The first-order valence-corrected chi connectivity index (χ1v) is 10.2. The molecule has 0 bridgehead atoms. The van der Waals surface area contributed by atoms with Crippen LogP contribution in [0.3, 0.4) is 0 Å². The molecule has 1 saturated carbocycles. The van der Waals surface area contributed by atoms with Crippen molar-refractivity contribution in [1.29, 1.82) is 0 Å². The fourth-order valence-electron chi connectivity index (χ4n) is 4.05. The minimum atomic E-state index is -0.0142. The minimum absolute atomic E-state index is 0.0142. The molecule has 3 rings (SSSR count). The first kappa shape index (κ1) is 18.2. The van der Waals surface area contributed by atoms with E-state index >= 15 is 0 Å². The Morgan fingerprint density at radius 1 is 1.12 bits per heavy atom. The molecule has 6 heteroatoms. The van der Waals surface area contributed by atoms with E-state index < -0.39 is 0 Å². The smallest absolute Gasteiger partial charge is 0.315 e. The summed E-state index contributed by atoms with van der Waals surface area (Å²) >= 11 is 0. The number of urea groups is 1. The second kappa shape index (κ2) is 9.20. The monoisotopic (exact) mass is 347 g/mol. The van der Waals surface area contributed by atoms with Crippen LogP contribution in [0.2, 0.25) is 0 Å². The molecule has 0 unspecified atom stereocenters. The molecule has 1 aromatic rings. The van der Waals surface area contributed by atoms with Gasteiger partial charge in [-0.3, -0.25) is 0 Å². The lowest BCUT2D eigenvalue weighted by atomic mass is 10.0. The lowest BCUT2D eigenvalue weighted by Crippen LogP contribution is -2.42. The number of hydrogen-bond donors (Lipinski definition) is 2. The summed E-state index contributed by atoms with van der Waals surface area (Å²) in [6.45, 7) is 4.05. The molecule has 1 aliphatic heterocycles. The summed E-state index contributed by atoms with van der Waals surface area (Å²) in [4.78, 5) is 12.1. The first-order valence-electron chi connectivity index (χ1n) is 10.2. The number of rotatable bonds is 5. The van der Waals surface area contributed by atoms with Crippen LogP contribution in [0.15, 0.2) is 0 Å². The molecule has 2 amide bonds. The van der Waals surface area contributed by atoms with Gasteiger partial charge in [-0.05, 0) is 44.4 Å². The van der Waals surface area contributed by atoms with Gasteiger partial charge in [0.25, 0.3) is 0 Å². The Bertz CT molecular complexity index is 556. The summed E-state index contributed by atoms with van der Waals surface area (Å²) in [7, 11) is 0. The van der Waals surface area contributed by atoms with Crippen molar-refractivity contribution in [2.24, 2.45) is 5.92 Å². The number of amides is 2. The number of aryl methyl sites for hydroxylation is 2. The second-order valence-electron chi connectivity index (χ2n) is 7.81. The fraction of sp³-hybridized carbons (Fsp3) is 0.842. The van der Waals surface area contributed by atoms with Crippen LogP contribution in [-0.4, -0.2) is 33.4 Å². The third kappa shape index (κ3) is 5.44. The zero-order chi connectivity index (χ0) is 17.5. The van der Waals surface area contributed by atoms with E-state index in [0.717, 1.165) is 56.2 Å². The van der Waals surface area contributed by atoms with Gasteiger partial charge in [-0.2, -0.15) is 0 Å². The standard InChI is InChI=1S/C19H33N5O/c1-15-7-5-8-16(12-11-15)21-19(25)20-13-6-10-18-23-22-17-9-3-2-4-14-24(17)18/h15-16H,2-14H2,1H3,(H2,20,21,25)/t15-,16-/m0/s1. The molecule has 0 saturated heterocycles. The highest BCUT2D eigenvalue weighted by Crippen LogP contribution is 2.22. The van der Waals surface area contributed by atoms with Gasteiger partial charge >= 0.3 is 6.03 Å². The topological polar surface area (TPSA) is 71.8 Å². The van der Waals surface area contributed by atoms with Crippen LogP contribution < -0.4 is 10.6 Å². The van der Waals surface area contributed by atoms with Crippen molar-refractivity contribution in [2.45, 2.75) is 90.1 Å². The Kier molecular flexibility index (Phi) is 6.70. The van der Waals surface area contributed by atoms with Gasteiger partial charge < -0.3 is 15.2 Å². The van der Waals surface area contributed by atoms with Crippen LogP contribution in [-0.2, 0) is 19.4 Å². The summed E-state index contributed by atoms with van der Waals surface area (Å²) in [5.74, 6) is 3.02. The molecule has 2 atom stereocenters. The van der Waals surface area contributed by atoms with Crippen molar-refractivity contribution in [3.8, 4) is 0 Å². The normalized spacial score (nSPS) is 24.0. The Balaban J connectivity index is 1.36. The third-order valence-electron chi connectivity index (χ3n) is 5.64. The molecule has 2 aliphatic rings. The quantitative estimate of drug-likeness (QED) is 0.634. The highest BCUT2D eigenvalue weighted by atomic mass is 16.2. The van der Waals surface area contributed by atoms with Crippen molar-refractivity contribution in [1.82, 2.24) is 25.4 Å². The number of carbonyl (C=O) groups is 1. The summed E-state index contributed by atoms with van der Waals surface area (Å²) in [6.07, 6.45) is 12.5. The molecule has 1 aliphatic carbocycles. The van der Waals surface area contributed by atoms with Gasteiger partial charge in [-0.15, -0.1) is 10.2 Å². The lowest BCUT2D eigenvalue weighted by Gasteiger charge is -2.17. The summed E-state index contributed by atoms with van der Waals surface area (Å²) < 4.78 is 2.29. The molecule has 0 spiro atoms. The molecular weight excluding hydrogens is 314 g/mol. The maximum absolute atomic E-state index is 12.1. The number of carbonyl (C=O) groups excluding carboxylic acids is 1. The maximum atomic E-state index is 12.1. The van der Waals surface area contributed by atoms with E-state index in [4.69, 9.17) is 0 Å². The van der Waals surface area contributed by atoms with Crippen LogP contribution in [0.25, 0.3) is 0 Å². The number of nitrogens with one attached hydrogen (secondary N) is 2. The van der Waals surface area contributed by atoms with Gasteiger partial charge in [0.05, 0.1) is 0 Å². The van der Waals surface area contributed by atoms with Gasteiger partial charge in [-0.25, -0.2) is 4.79 Å². The van der Waals surface area contributed by atoms with E-state index in [2.05, 4.69) is 32.3 Å². The van der Waals surface area contributed by atoms with E-state index in [-0.39, 0.29) is 6.03 Å². The molecule has 25 heavy (non-hydrogen) atoms. The van der Waals surface area contributed by atoms with Crippen molar-refractivity contribution >= 4 is 6.03 Å². The van der Waals surface area contributed by atoms with Gasteiger partial charge in [0.1, 0.15) is 11.6 Å². The zero-order valence-corrected chi connectivity index (χ0v) is 15.6. The van der Waals surface area contributed by atoms with E-state index in [1.165, 1.54) is 38.5 Å². The third-order valence-corrected chi connectivity index (χ3v) is 5.64. The Hall–Kier alpha value is -1.59. The Labute approximate surface area is 151 Å². The number of aromatic nitrogens is 3. The molecule has 6 nitrogen and oxygen atoms in total. The zero-order valence-electron chi connectivity index (χ0n) is 15.6. The lowest BCUT2D eigenvalue weighted by molar-refractivity contribution is 0.235. The fourth-order valence-corrected chi connectivity index (χ4v) is 4.05. The van der Waals surface area contributed by atoms with Gasteiger partial charge in [-0.1, -0.05) is 26.2 Å². The molecule has 1 fully saturated rings. The first-order chi connectivity index (χ1) is 12.2. The molecule has 2 heterocycles. The van der Waals surface area contributed by atoms with Crippen LogP contribution in [0.4, 0.5) is 4.79 Å². The Morgan fingerprint density at radius 2 is 2.04 bits per heavy atom. The minimum Gasteiger partial charge on any atom is -0.338 e. The predicted octanol–water partition coefficient (Wildman–Crippen LogP) is 3.21. The van der Waals surface area contributed by atoms with Gasteiger partial charge in [0.15, 0.2) is 0 Å². The highest BCUT2D eigenvalue weighted by molar-refractivity contribution is 5.74. The largest absolute Gasteiger partial charge is 0.338 e. The van der Waals surface area contributed by atoms with E-state index in [0.29, 0.717) is 12.6 Å². The van der Waals surface area contributed by atoms with Crippen LogP contribution in [0.5, 0.6) is 0 Å². The van der Waals surface area contributed by atoms with Crippen molar-refractivity contribution in [3.05, 3.63) is 11.6 Å². The van der Waals surface area contributed by atoms with E-state index in [1.54, 1.807) is 0 Å². The number of nitrogens with zero attached hydrogens (tertiary/aromatic N) is 3. The molecule has 2 N–H and O–H groups in total.